The van der Waals surface area contributed by atoms with Gasteiger partial charge in [0.25, 0.3) is 0 Å². The second-order valence-corrected chi connectivity index (χ2v) is 6.10. The summed E-state index contributed by atoms with van der Waals surface area (Å²) in [6.07, 6.45) is 11.0. The first-order chi connectivity index (χ1) is 9.83. The first-order valence-corrected chi connectivity index (χ1v) is 8.23. The van der Waals surface area contributed by atoms with Crippen LogP contribution in [-0.4, -0.2) is 12.6 Å². The third-order valence-electron chi connectivity index (χ3n) is 4.80. The molecular weight excluding hydrogens is 242 g/mol. The van der Waals surface area contributed by atoms with Crippen LogP contribution in [0.3, 0.4) is 0 Å². The van der Waals surface area contributed by atoms with E-state index in [1.807, 2.05) is 6.08 Å². The zero-order valence-electron chi connectivity index (χ0n) is 12.9. The maximum absolute atomic E-state index is 3.85. The van der Waals surface area contributed by atoms with E-state index >= 15 is 0 Å². The van der Waals surface area contributed by atoms with E-state index in [-0.39, 0.29) is 0 Å². The second kappa shape index (κ2) is 7.64. The Morgan fingerprint density at radius 1 is 1.30 bits per heavy atom. The van der Waals surface area contributed by atoms with Gasteiger partial charge in [-0.2, -0.15) is 0 Å². The number of hydrogen-bond acceptors (Lipinski definition) is 1. The Labute approximate surface area is 124 Å². The van der Waals surface area contributed by atoms with Crippen molar-refractivity contribution in [3.8, 4) is 0 Å². The molecule has 1 aliphatic rings. The maximum atomic E-state index is 3.85. The lowest BCUT2D eigenvalue weighted by Crippen LogP contribution is -2.53. The number of benzene rings is 1. The fourth-order valence-electron chi connectivity index (χ4n) is 3.52. The van der Waals surface area contributed by atoms with Crippen molar-refractivity contribution in [2.45, 2.75) is 63.3 Å². The van der Waals surface area contributed by atoms with Gasteiger partial charge in [-0.1, -0.05) is 49.8 Å². The van der Waals surface area contributed by atoms with Gasteiger partial charge in [0.1, 0.15) is 0 Å². The zero-order valence-corrected chi connectivity index (χ0v) is 12.9. The fraction of sp³-hybridized carbons (Fsp3) is 0.579. The monoisotopic (exact) mass is 271 g/mol. The summed E-state index contributed by atoms with van der Waals surface area (Å²) in [6, 6.07) is 11.8. The van der Waals surface area contributed by atoms with Crippen molar-refractivity contribution in [2.24, 2.45) is 0 Å². The quantitative estimate of drug-likeness (QED) is 0.501. The van der Waals surface area contributed by atoms with Crippen LogP contribution < -0.4 is 5.32 Å². The standard InChI is InChI=1S/C19H29N/c1-3-5-7-13-18(20-16-4-2)19(14-10-15-19)17-11-8-6-9-12-17/h3,6,8-9,11-12,18,20H,1,4-5,7,10,13-16H2,2H3. The van der Waals surface area contributed by atoms with Crippen molar-refractivity contribution in [2.75, 3.05) is 6.54 Å². The summed E-state index contributed by atoms with van der Waals surface area (Å²) in [5.41, 5.74) is 1.93. The summed E-state index contributed by atoms with van der Waals surface area (Å²) in [5, 5.41) is 3.84. The molecule has 0 saturated heterocycles. The van der Waals surface area contributed by atoms with E-state index in [0.29, 0.717) is 11.5 Å². The van der Waals surface area contributed by atoms with Gasteiger partial charge in [-0.25, -0.2) is 0 Å². The molecule has 0 amide bonds. The summed E-state index contributed by atoms with van der Waals surface area (Å²) in [6.45, 7) is 7.24. The first-order valence-electron chi connectivity index (χ1n) is 8.23. The number of hydrogen-bond donors (Lipinski definition) is 1. The van der Waals surface area contributed by atoms with Crippen LogP contribution >= 0.6 is 0 Å². The van der Waals surface area contributed by atoms with E-state index in [1.165, 1.54) is 38.5 Å². The number of rotatable bonds is 9. The topological polar surface area (TPSA) is 12.0 Å². The smallest absolute Gasteiger partial charge is 0.0164 e. The molecule has 0 bridgehead atoms. The zero-order chi connectivity index (χ0) is 14.3. The summed E-state index contributed by atoms with van der Waals surface area (Å²) >= 11 is 0. The molecule has 1 aliphatic carbocycles. The second-order valence-electron chi connectivity index (χ2n) is 6.10. The number of nitrogens with one attached hydrogen (secondary N) is 1. The molecule has 1 nitrogen and oxygen atoms in total. The van der Waals surface area contributed by atoms with Gasteiger partial charge in [-0.15, -0.1) is 6.58 Å². The molecule has 0 aromatic heterocycles. The molecule has 1 atom stereocenters. The molecule has 0 spiro atoms. The minimum atomic E-state index is 0.387. The van der Waals surface area contributed by atoms with Gasteiger partial charge in [0, 0.05) is 11.5 Å². The molecular formula is C19H29N. The minimum absolute atomic E-state index is 0.387. The average molecular weight is 271 g/mol. The molecule has 0 heterocycles. The molecule has 20 heavy (non-hydrogen) atoms. The third-order valence-corrected chi connectivity index (χ3v) is 4.80. The summed E-state index contributed by atoms with van der Waals surface area (Å²) < 4.78 is 0. The summed E-state index contributed by atoms with van der Waals surface area (Å²) in [4.78, 5) is 0. The van der Waals surface area contributed by atoms with Gasteiger partial charge < -0.3 is 5.32 Å². The van der Waals surface area contributed by atoms with E-state index in [1.54, 1.807) is 5.56 Å². The van der Waals surface area contributed by atoms with Crippen molar-refractivity contribution >= 4 is 0 Å². The van der Waals surface area contributed by atoms with E-state index in [9.17, 15) is 0 Å². The van der Waals surface area contributed by atoms with Crippen LogP contribution in [0.5, 0.6) is 0 Å². The normalized spacial score (nSPS) is 18.2. The van der Waals surface area contributed by atoms with Crippen molar-refractivity contribution in [1.29, 1.82) is 0 Å². The van der Waals surface area contributed by atoms with Gasteiger partial charge in [0.05, 0.1) is 0 Å². The Hall–Kier alpha value is -1.08. The average Bonchev–Trinajstić information content (AvgIpc) is 2.44. The highest BCUT2D eigenvalue weighted by Gasteiger charge is 2.44. The predicted octanol–water partition coefficient (Wildman–Crippen LogP) is 4.83. The van der Waals surface area contributed by atoms with E-state index < -0.39 is 0 Å². The van der Waals surface area contributed by atoms with E-state index in [0.717, 1.165) is 13.0 Å². The van der Waals surface area contributed by atoms with Gasteiger partial charge in [-0.05, 0) is 50.6 Å². The molecule has 2 rings (SSSR count). The van der Waals surface area contributed by atoms with Crippen LogP contribution in [0, 0.1) is 0 Å². The third kappa shape index (κ3) is 3.32. The van der Waals surface area contributed by atoms with Crippen LogP contribution in [-0.2, 0) is 5.41 Å². The van der Waals surface area contributed by atoms with Crippen molar-refractivity contribution in [1.82, 2.24) is 5.32 Å². The van der Waals surface area contributed by atoms with Crippen LogP contribution in [0.25, 0.3) is 0 Å². The molecule has 1 heteroatoms. The Kier molecular flexibility index (Phi) is 5.85. The highest BCUT2D eigenvalue weighted by atomic mass is 14.9. The van der Waals surface area contributed by atoms with Gasteiger partial charge in [-0.3, -0.25) is 0 Å². The first kappa shape index (κ1) is 15.3. The van der Waals surface area contributed by atoms with Gasteiger partial charge >= 0.3 is 0 Å². The molecule has 1 aromatic rings. The lowest BCUT2D eigenvalue weighted by molar-refractivity contribution is 0.160. The molecule has 1 N–H and O–H groups in total. The summed E-state index contributed by atoms with van der Waals surface area (Å²) in [7, 11) is 0. The van der Waals surface area contributed by atoms with E-state index in [4.69, 9.17) is 0 Å². The molecule has 110 valence electrons. The highest BCUT2D eigenvalue weighted by molar-refractivity contribution is 5.30. The fourth-order valence-corrected chi connectivity index (χ4v) is 3.52. The van der Waals surface area contributed by atoms with E-state index in [2.05, 4.69) is 49.2 Å². The van der Waals surface area contributed by atoms with Gasteiger partial charge in [0.15, 0.2) is 0 Å². The molecule has 1 aromatic carbocycles. The Bertz CT molecular complexity index is 391. The molecule has 1 saturated carbocycles. The van der Waals surface area contributed by atoms with Crippen LogP contribution in [0.15, 0.2) is 43.0 Å². The minimum Gasteiger partial charge on any atom is -0.313 e. The predicted molar refractivity (Wildman–Crippen MR) is 88.1 cm³/mol. The lowest BCUT2D eigenvalue weighted by Gasteiger charge is -2.49. The number of unbranched alkanes of at least 4 members (excludes halogenated alkanes) is 1. The summed E-state index contributed by atoms with van der Waals surface area (Å²) in [5.74, 6) is 0. The van der Waals surface area contributed by atoms with Gasteiger partial charge in [0.2, 0.25) is 0 Å². The van der Waals surface area contributed by atoms with Crippen LogP contribution in [0.2, 0.25) is 0 Å². The Morgan fingerprint density at radius 2 is 2.05 bits per heavy atom. The van der Waals surface area contributed by atoms with Crippen molar-refractivity contribution < 1.29 is 0 Å². The maximum Gasteiger partial charge on any atom is 0.0164 e. The van der Waals surface area contributed by atoms with Crippen LogP contribution in [0.4, 0.5) is 0 Å². The SMILES string of the molecule is C=CCCCC(NCCC)C1(c2ccccc2)CCC1. The lowest BCUT2D eigenvalue weighted by atomic mass is 9.59. The Balaban J connectivity index is 2.12. The van der Waals surface area contributed by atoms with Crippen molar-refractivity contribution in [3.05, 3.63) is 48.6 Å². The number of allylic oxidation sites excluding steroid dienone is 1. The molecule has 0 radical (unpaired) electrons. The molecule has 1 unspecified atom stereocenters. The molecule has 0 aliphatic heterocycles. The molecule has 1 fully saturated rings. The largest absolute Gasteiger partial charge is 0.313 e. The van der Waals surface area contributed by atoms with Crippen molar-refractivity contribution in [3.63, 3.8) is 0 Å². The van der Waals surface area contributed by atoms with Crippen LogP contribution in [0.1, 0.15) is 57.4 Å². The Morgan fingerprint density at radius 3 is 2.60 bits per heavy atom. The highest BCUT2D eigenvalue weighted by Crippen LogP contribution is 2.47.